The predicted molar refractivity (Wildman–Crippen MR) is 247 cm³/mol. The molecule has 20 nitrogen and oxygen atoms in total. The smallest absolute Gasteiger partial charge is 0.426 e. The zero-order chi connectivity index (χ0) is 50.8. The number of likely N-dealkylation sites (N-methyl/N-ethyl adjacent to an activating group) is 1. The molecule has 0 aliphatic carbocycles. The Labute approximate surface area is 399 Å². The van der Waals surface area contributed by atoms with Gasteiger partial charge in [0.15, 0.2) is 18.7 Å². The summed E-state index contributed by atoms with van der Waals surface area (Å²) in [7, 11) is 6.64. The van der Waals surface area contributed by atoms with Crippen LogP contribution in [-0.2, 0) is 47.5 Å². The number of nitrogens with zero attached hydrogens (tertiary/aromatic N) is 2. The van der Waals surface area contributed by atoms with Gasteiger partial charge in [-0.2, -0.15) is 0 Å². The third-order valence-corrected chi connectivity index (χ3v) is 14.6. The molecule has 68 heavy (non-hydrogen) atoms. The van der Waals surface area contributed by atoms with Gasteiger partial charge in [0.1, 0.15) is 35.0 Å². The molecule has 6 N–H and O–H groups in total. The highest BCUT2D eigenvalue weighted by Gasteiger charge is 2.55. The number of benzene rings is 1. The van der Waals surface area contributed by atoms with Crippen LogP contribution in [0.3, 0.4) is 0 Å². The summed E-state index contributed by atoms with van der Waals surface area (Å²) >= 11 is 0. The van der Waals surface area contributed by atoms with Crippen LogP contribution in [0.15, 0.2) is 18.2 Å². The lowest BCUT2D eigenvalue weighted by Gasteiger charge is -2.50. The van der Waals surface area contributed by atoms with E-state index in [1.165, 1.54) is 28.1 Å². The summed E-state index contributed by atoms with van der Waals surface area (Å²) < 4.78 is 50.7. The van der Waals surface area contributed by atoms with Crippen molar-refractivity contribution >= 4 is 34.8 Å². The van der Waals surface area contributed by atoms with Crippen LogP contribution < -0.4 is 10.9 Å². The molecule has 20 heteroatoms. The molecule has 0 saturated carbocycles. The number of imidazole rings is 1. The average molecular weight is 964 g/mol. The van der Waals surface area contributed by atoms with Gasteiger partial charge in [-0.15, -0.1) is 0 Å². The Morgan fingerprint density at radius 1 is 0.926 bits per heavy atom. The number of amides is 2. The van der Waals surface area contributed by atoms with Crippen LogP contribution in [0.25, 0.3) is 11.0 Å². The zero-order valence-corrected chi connectivity index (χ0v) is 42.4. The second kappa shape index (κ2) is 22.1. The summed E-state index contributed by atoms with van der Waals surface area (Å²) in [5, 5.41) is 35.1. The number of aromatic nitrogens is 2. The van der Waals surface area contributed by atoms with E-state index in [0.29, 0.717) is 23.3 Å². The van der Waals surface area contributed by atoms with E-state index < -0.39 is 114 Å². The lowest BCUT2D eigenvalue weighted by Crippen LogP contribution is -2.62. The van der Waals surface area contributed by atoms with Crippen LogP contribution >= 0.6 is 0 Å². The van der Waals surface area contributed by atoms with Crippen molar-refractivity contribution in [2.75, 3.05) is 28.3 Å². The van der Waals surface area contributed by atoms with Crippen molar-refractivity contribution in [1.29, 1.82) is 0 Å². The Morgan fingerprint density at radius 3 is 2.19 bits per heavy atom. The maximum absolute atomic E-state index is 14.5. The van der Waals surface area contributed by atoms with Gasteiger partial charge in [-0.05, 0) is 100 Å². The maximum Gasteiger partial charge on any atom is 0.426 e. The van der Waals surface area contributed by atoms with Gasteiger partial charge in [-0.25, -0.2) is 15.2 Å². The van der Waals surface area contributed by atoms with Crippen molar-refractivity contribution < 1.29 is 72.4 Å². The lowest BCUT2D eigenvalue weighted by molar-refractivity contribution is -0.319. The van der Waals surface area contributed by atoms with Crippen LogP contribution in [0.2, 0.25) is 0 Å². The number of cyclic esters (lactones) is 1. The minimum atomic E-state index is -2.03. The fourth-order valence-corrected chi connectivity index (χ4v) is 10.4. The summed E-state index contributed by atoms with van der Waals surface area (Å²) in [6.45, 7) is 18.5. The first-order valence-corrected chi connectivity index (χ1v) is 23.7. The predicted octanol–water partition coefficient (Wildman–Crippen LogP) is 3.70. The number of nitrogens with one attached hydrogen (secondary N) is 3. The minimum absolute atomic E-state index is 0.0335. The Kier molecular flexibility index (Phi) is 17.9. The molecule has 0 unspecified atom stereocenters. The van der Waals surface area contributed by atoms with E-state index in [1.54, 1.807) is 73.6 Å². The molecule has 4 heterocycles. The first-order valence-electron chi connectivity index (χ1n) is 23.7. The number of H-pyrrole nitrogens is 1. The summed E-state index contributed by atoms with van der Waals surface area (Å²) in [4.78, 5) is 64.2. The number of rotatable bonds is 10. The monoisotopic (exact) mass is 964 g/mol. The highest BCUT2D eigenvalue weighted by atomic mass is 16.7. The van der Waals surface area contributed by atoms with Crippen LogP contribution in [0, 0.1) is 30.6 Å². The van der Waals surface area contributed by atoms with Crippen molar-refractivity contribution in [2.24, 2.45) is 23.7 Å². The number of hydrogen-bond donors (Lipinski definition) is 6. The Hall–Kier alpha value is -3.83. The fraction of sp³-hybridized carbons (Fsp3) is 0.771. The number of aliphatic hydroxyl groups is 3. The van der Waals surface area contributed by atoms with Crippen LogP contribution in [0.1, 0.15) is 111 Å². The van der Waals surface area contributed by atoms with Crippen LogP contribution in [0.5, 0.6) is 0 Å². The van der Waals surface area contributed by atoms with Gasteiger partial charge in [0.25, 0.3) is 5.91 Å². The molecule has 1 aromatic carbocycles. The number of carbonyl (C=O) groups excluding carboxylic acids is 4. The molecule has 0 bridgehead atoms. The van der Waals surface area contributed by atoms with Crippen molar-refractivity contribution in [2.45, 2.75) is 186 Å². The quantitative estimate of drug-likeness (QED) is 0.147. The number of carbonyl (C=O) groups is 4. The number of aromatic amines is 1. The summed E-state index contributed by atoms with van der Waals surface area (Å²) in [6.07, 6.45) is -11.0. The molecule has 3 fully saturated rings. The Morgan fingerprint density at radius 2 is 1.57 bits per heavy atom. The Bertz CT molecular complexity index is 2070. The van der Waals surface area contributed by atoms with Crippen molar-refractivity contribution in [3.05, 3.63) is 29.6 Å². The second-order valence-electron chi connectivity index (χ2n) is 20.1. The van der Waals surface area contributed by atoms with Crippen molar-refractivity contribution in [1.82, 2.24) is 25.7 Å². The van der Waals surface area contributed by atoms with Gasteiger partial charge in [-0.1, -0.05) is 27.7 Å². The number of ether oxygens (including phenoxy) is 8. The van der Waals surface area contributed by atoms with Crippen molar-refractivity contribution in [3.8, 4) is 0 Å². The van der Waals surface area contributed by atoms with Gasteiger partial charge >= 0.3 is 12.1 Å². The number of aliphatic hydroxyl groups excluding tert-OH is 2. The molecular formula is C48H77N5O15. The fourth-order valence-electron chi connectivity index (χ4n) is 10.4. The van der Waals surface area contributed by atoms with E-state index in [2.05, 4.69) is 20.8 Å². The highest BCUT2D eigenvalue weighted by molar-refractivity contribution is 5.97. The number of fused-ring (bicyclic) bond motifs is 1. The summed E-state index contributed by atoms with van der Waals surface area (Å²) in [5.41, 5.74) is 1.64. The average Bonchev–Trinajstić information content (AvgIpc) is 3.67. The van der Waals surface area contributed by atoms with Crippen LogP contribution in [0.4, 0.5) is 4.79 Å². The molecule has 1 aromatic heterocycles. The third-order valence-electron chi connectivity index (χ3n) is 14.6. The van der Waals surface area contributed by atoms with E-state index in [0.717, 1.165) is 0 Å². The SMILES string of the molecule is CC[C@H]1OC(=O)[C@H](C)[C@@H](O[C@H]2C[C@@](C)(OC)[C@@H](OC(=O)NNC(=O)c3ccc4nc(C)[nH]c4c3)[C@H](C)O2)[C@H](C)[C@@H](O[C@@H]2O[C@H](C)C[C@H](N(C)C)[C@H]2O)[C@](C)(OC)C[C@@H](C)C(=O)[C@H](C)[C@@H](O)[C@]1(C)O. The molecule has 0 radical (unpaired) electrons. The van der Waals surface area contributed by atoms with E-state index in [4.69, 9.17) is 37.9 Å². The molecule has 2 aromatic rings. The molecule has 3 aliphatic rings. The number of esters is 1. The molecule has 2 amide bonds. The van der Waals surface area contributed by atoms with E-state index >= 15 is 0 Å². The number of methoxy groups -OCH3 is 2. The standard InChI is InChI=1S/C48H77N5O15/c1-16-34-48(11,60)39(56)25(4)36(54)23(2)21-46(9,61-14)40(67-44-37(55)33(53(12)13)19-24(3)63-44)26(5)38(27(6)43(58)65-34)66-35-22-47(10,62-15)41(28(7)64-35)68-45(59)52-51-42(57)30-17-18-31-32(20-30)50-29(8)49-31/h17-18,20,23-28,33-35,37-41,44,55-56,60H,16,19,21-22H2,1-15H3,(H,49,50)(H,51,57)(H,52,59)/t23-,24-,25+,26+,27-,28+,33+,34-,35+,37-,38+,39-,40-,41+,44+,46-,47-,48-/m1/s1. The Balaban J connectivity index is 1.47. The number of Topliss-reactive ketones (excluding diaryl/α,β-unsaturated/α-hetero) is 1. The number of ketones is 1. The molecule has 384 valence electrons. The van der Waals surface area contributed by atoms with E-state index in [1.807, 2.05) is 25.9 Å². The number of hydrogen-bond acceptors (Lipinski definition) is 17. The zero-order valence-electron chi connectivity index (χ0n) is 42.4. The lowest BCUT2D eigenvalue weighted by atomic mass is 9.74. The summed E-state index contributed by atoms with van der Waals surface area (Å²) in [5.74, 6) is -4.81. The first kappa shape index (κ1) is 55.1. The first-order chi connectivity index (χ1) is 31.7. The molecular weight excluding hydrogens is 887 g/mol. The largest absolute Gasteiger partial charge is 0.459 e. The molecule has 18 atom stereocenters. The van der Waals surface area contributed by atoms with Crippen molar-refractivity contribution in [3.63, 3.8) is 0 Å². The normalized spacial score (nSPS) is 40.1. The second-order valence-corrected chi connectivity index (χ2v) is 20.1. The topological polar surface area (TPSA) is 259 Å². The van der Waals surface area contributed by atoms with Crippen LogP contribution in [-0.4, -0.2) is 167 Å². The van der Waals surface area contributed by atoms with Gasteiger partial charge in [0.05, 0.1) is 53.1 Å². The molecule has 5 rings (SSSR count). The highest BCUT2D eigenvalue weighted by Crippen LogP contribution is 2.42. The number of aryl methyl sites for hydroxylation is 1. The third kappa shape index (κ3) is 11.8. The molecule has 0 spiro atoms. The van der Waals surface area contributed by atoms with Gasteiger partial charge < -0.3 is 63.1 Å². The molecule has 3 saturated heterocycles. The number of hydrazine groups is 1. The molecule has 3 aliphatic heterocycles. The minimum Gasteiger partial charge on any atom is -0.459 e. The van der Waals surface area contributed by atoms with E-state index in [-0.39, 0.29) is 42.8 Å². The summed E-state index contributed by atoms with van der Waals surface area (Å²) in [6, 6.07) is 4.53. The van der Waals surface area contributed by atoms with Gasteiger partial charge in [-0.3, -0.25) is 19.8 Å². The maximum atomic E-state index is 14.5. The van der Waals surface area contributed by atoms with Gasteiger partial charge in [0, 0.05) is 50.0 Å². The van der Waals surface area contributed by atoms with E-state index in [9.17, 15) is 34.5 Å². The van der Waals surface area contributed by atoms with Gasteiger partial charge in [0.2, 0.25) is 0 Å².